The molecule has 0 amide bonds. The summed E-state index contributed by atoms with van der Waals surface area (Å²) >= 11 is 0. The fourth-order valence-electron chi connectivity index (χ4n) is 1.62. The summed E-state index contributed by atoms with van der Waals surface area (Å²) in [6.45, 7) is 0. The van der Waals surface area contributed by atoms with Crippen molar-refractivity contribution in [2.75, 3.05) is 4.72 Å². The van der Waals surface area contributed by atoms with E-state index in [0.29, 0.717) is 11.3 Å². The van der Waals surface area contributed by atoms with Gasteiger partial charge in [-0.25, -0.2) is 8.42 Å². The van der Waals surface area contributed by atoms with Crippen LogP contribution in [0.15, 0.2) is 54.6 Å². The molecule has 0 aliphatic rings. The molecule has 1 N–H and O–H groups in total. The fraction of sp³-hybridized carbons (Fsp3) is 0.0714. The van der Waals surface area contributed by atoms with Gasteiger partial charge in [0.1, 0.15) is 0 Å². The molecule has 0 saturated carbocycles. The zero-order valence-electron chi connectivity index (χ0n) is 9.95. The number of nitriles is 1. The third-order valence-electron chi connectivity index (χ3n) is 2.49. The normalized spacial score (nSPS) is 12.4. The van der Waals surface area contributed by atoms with Crippen molar-refractivity contribution in [3.63, 3.8) is 0 Å². The highest BCUT2D eigenvalue weighted by Crippen LogP contribution is 2.23. The Morgan fingerprint density at radius 1 is 1.11 bits per heavy atom. The van der Waals surface area contributed by atoms with Gasteiger partial charge in [-0.1, -0.05) is 48.5 Å². The minimum Gasteiger partial charge on any atom is -0.282 e. The predicted octanol–water partition coefficient (Wildman–Crippen LogP) is 2.49. The van der Waals surface area contributed by atoms with Crippen molar-refractivity contribution in [3.05, 3.63) is 66.2 Å². The summed E-state index contributed by atoms with van der Waals surface area (Å²) in [7, 11) is -3.82. The molecule has 19 heavy (non-hydrogen) atoms. The molecule has 0 aliphatic heterocycles. The average Bonchev–Trinajstić information content (AvgIpc) is 2.41. The van der Waals surface area contributed by atoms with Crippen LogP contribution in [0.25, 0.3) is 0 Å². The average molecular weight is 271 g/mol. The Kier molecular flexibility index (Phi) is 3.83. The molecule has 2 aromatic carbocycles. The van der Waals surface area contributed by atoms with Crippen molar-refractivity contribution in [1.82, 2.24) is 0 Å². The Balaban J connectivity index is 2.31. The second kappa shape index (κ2) is 5.55. The SMILES string of the molecule is N#CC(c1ccccc1)S(=O)(=O)Nc1[c]cccc1. The van der Waals surface area contributed by atoms with Crippen LogP contribution >= 0.6 is 0 Å². The van der Waals surface area contributed by atoms with Crippen LogP contribution in [-0.4, -0.2) is 8.42 Å². The summed E-state index contributed by atoms with van der Waals surface area (Å²) in [4.78, 5) is 0. The lowest BCUT2D eigenvalue weighted by Crippen LogP contribution is -2.20. The Morgan fingerprint density at radius 2 is 1.79 bits per heavy atom. The number of sulfonamides is 1. The monoisotopic (exact) mass is 271 g/mol. The molecule has 1 unspecified atom stereocenters. The quantitative estimate of drug-likeness (QED) is 0.928. The molecule has 95 valence electrons. The first-order chi connectivity index (χ1) is 9.13. The lowest BCUT2D eigenvalue weighted by molar-refractivity contribution is 0.596. The summed E-state index contributed by atoms with van der Waals surface area (Å²) in [5.74, 6) is 0. The summed E-state index contributed by atoms with van der Waals surface area (Å²) in [6, 6.07) is 19.6. The molecule has 2 rings (SSSR count). The Bertz CT molecular complexity index is 676. The second-order valence-corrected chi connectivity index (χ2v) is 5.61. The molecule has 1 atom stereocenters. The third-order valence-corrected chi connectivity index (χ3v) is 3.99. The highest BCUT2D eigenvalue weighted by Gasteiger charge is 2.26. The summed E-state index contributed by atoms with van der Waals surface area (Å²) in [6.07, 6.45) is 0. The van der Waals surface area contributed by atoms with Crippen molar-refractivity contribution in [1.29, 1.82) is 5.26 Å². The maximum atomic E-state index is 12.2. The number of hydrogen-bond donors (Lipinski definition) is 1. The lowest BCUT2D eigenvalue weighted by atomic mass is 10.2. The van der Waals surface area contributed by atoms with E-state index in [0.717, 1.165) is 0 Å². The van der Waals surface area contributed by atoms with Gasteiger partial charge in [-0.3, -0.25) is 4.72 Å². The van der Waals surface area contributed by atoms with E-state index < -0.39 is 15.3 Å². The first-order valence-electron chi connectivity index (χ1n) is 5.56. The predicted molar refractivity (Wildman–Crippen MR) is 72.6 cm³/mol. The van der Waals surface area contributed by atoms with E-state index in [1.54, 1.807) is 54.6 Å². The number of para-hydroxylation sites is 1. The molecule has 1 radical (unpaired) electrons. The van der Waals surface area contributed by atoms with Crippen LogP contribution in [0.1, 0.15) is 10.8 Å². The standard InChI is InChI=1S/C14H11N2O2S/c15-11-14(12-7-3-1-4-8-12)19(17,18)16-13-9-5-2-6-10-13/h1-9,14,16H. The van der Waals surface area contributed by atoms with Crippen LogP contribution < -0.4 is 4.72 Å². The molecule has 0 heterocycles. The molecule has 5 heteroatoms. The van der Waals surface area contributed by atoms with E-state index in [9.17, 15) is 8.42 Å². The Morgan fingerprint density at radius 3 is 2.37 bits per heavy atom. The number of nitrogens with zero attached hydrogens (tertiary/aromatic N) is 1. The van der Waals surface area contributed by atoms with Gasteiger partial charge in [0.05, 0.1) is 11.8 Å². The van der Waals surface area contributed by atoms with Crippen LogP contribution in [0, 0.1) is 17.4 Å². The van der Waals surface area contributed by atoms with E-state index in [1.807, 2.05) is 6.07 Å². The van der Waals surface area contributed by atoms with Crippen molar-refractivity contribution in [2.45, 2.75) is 5.25 Å². The molecular weight excluding hydrogens is 260 g/mol. The summed E-state index contributed by atoms with van der Waals surface area (Å²) < 4.78 is 26.7. The van der Waals surface area contributed by atoms with Gasteiger partial charge in [0.15, 0.2) is 5.25 Å². The fourth-order valence-corrected chi connectivity index (χ4v) is 2.83. The highest BCUT2D eigenvalue weighted by atomic mass is 32.2. The van der Waals surface area contributed by atoms with Gasteiger partial charge in [0.2, 0.25) is 0 Å². The molecule has 0 aliphatic carbocycles. The maximum Gasteiger partial charge on any atom is 0.253 e. The molecular formula is C14H11N2O2S. The van der Waals surface area contributed by atoms with Gasteiger partial charge < -0.3 is 0 Å². The molecule has 0 saturated heterocycles. The minimum absolute atomic E-state index is 0.318. The number of rotatable bonds is 4. The second-order valence-electron chi connectivity index (χ2n) is 3.84. The Hall–Kier alpha value is -2.32. The zero-order valence-corrected chi connectivity index (χ0v) is 10.8. The van der Waals surface area contributed by atoms with Gasteiger partial charge in [-0.15, -0.1) is 0 Å². The Labute approximate surface area is 112 Å². The molecule has 0 spiro atoms. The van der Waals surface area contributed by atoms with Gasteiger partial charge in [0.25, 0.3) is 10.0 Å². The number of hydrogen-bond acceptors (Lipinski definition) is 3. The van der Waals surface area contributed by atoms with E-state index in [2.05, 4.69) is 10.8 Å². The van der Waals surface area contributed by atoms with E-state index in [1.165, 1.54) is 0 Å². The smallest absolute Gasteiger partial charge is 0.253 e. The van der Waals surface area contributed by atoms with Crippen LogP contribution in [0.4, 0.5) is 5.69 Å². The molecule has 0 aromatic heterocycles. The van der Waals surface area contributed by atoms with Gasteiger partial charge in [-0.2, -0.15) is 5.26 Å². The van der Waals surface area contributed by atoms with E-state index in [-0.39, 0.29) is 0 Å². The van der Waals surface area contributed by atoms with E-state index in [4.69, 9.17) is 5.26 Å². The number of nitrogens with one attached hydrogen (secondary N) is 1. The molecule has 0 fully saturated rings. The summed E-state index contributed by atoms with van der Waals surface area (Å²) in [5.41, 5.74) is 0.757. The van der Waals surface area contributed by atoms with Crippen LogP contribution in [0.3, 0.4) is 0 Å². The lowest BCUT2D eigenvalue weighted by Gasteiger charge is -2.12. The topological polar surface area (TPSA) is 70.0 Å². The zero-order chi connectivity index (χ0) is 13.7. The molecule has 0 bridgehead atoms. The van der Waals surface area contributed by atoms with Crippen molar-refractivity contribution < 1.29 is 8.42 Å². The first-order valence-corrected chi connectivity index (χ1v) is 7.11. The van der Waals surface area contributed by atoms with Crippen LogP contribution in [0.5, 0.6) is 0 Å². The number of anilines is 1. The first kappa shape index (κ1) is 13.1. The van der Waals surface area contributed by atoms with Crippen LogP contribution in [-0.2, 0) is 10.0 Å². The largest absolute Gasteiger partial charge is 0.282 e. The molecule has 2 aromatic rings. The van der Waals surface area contributed by atoms with Gasteiger partial charge >= 0.3 is 0 Å². The molecule has 4 nitrogen and oxygen atoms in total. The van der Waals surface area contributed by atoms with Crippen molar-refractivity contribution in [3.8, 4) is 6.07 Å². The summed E-state index contributed by atoms with van der Waals surface area (Å²) in [5, 5.41) is 7.87. The van der Waals surface area contributed by atoms with Gasteiger partial charge in [-0.05, 0) is 11.6 Å². The van der Waals surface area contributed by atoms with E-state index >= 15 is 0 Å². The highest BCUT2D eigenvalue weighted by molar-refractivity contribution is 7.93. The minimum atomic E-state index is -3.82. The van der Waals surface area contributed by atoms with Crippen LogP contribution in [0.2, 0.25) is 0 Å². The number of benzene rings is 2. The third kappa shape index (κ3) is 3.12. The maximum absolute atomic E-state index is 12.2. The van der Waals surface area contributed by atoms with Crippen molar-refractivity contribution in [2.24, 2.45) is 0 Å². The van der Waals surface area contributed by atoms with Gasteiger partial charge in [0, 0.05) is 6.07 Å². The van der Waals surface area contributed by atoms with Crippen molar-refractivity contribution >= 4 is 15.7 Å².